The van der Waals surface area contributed by atoms with Crippen LogP contribution in [-0.2, 0) is 6.54 Å². The van der Waals surface area contributed by atoms with Gasteiger partial charge in [0.2, 0.25) is 0 Å². The van der Waals surface area contributed by atoms with Crippen LogP contribution in [0.15, 0.2) is 18.2 Å². The number of fused-ring (bicyclic) bond motifs is 1. The lowest BCUT2D eigenvalue weighted by molar-refractivity contribution is 0.298. The number of aromatic nitrogens is 2. The number of imidazole rings is 1. The van der Waals surface area contributed by atoms with Crippen molar-refractivity contribution in [3.8, 4) is 0 Å². The molecule has 21 heavy (non-hydrogen) atoms. The van der Waals surface area contributed by atoms with E-state index in [1.54, 1.807) is 0 Å². The highest BCUT2D eigenvalue weighted by Crippen LogP contribution is 2.38. The van der Waals surface area contributed by atoms with E-state index in [0.717, 1.165) is 30.0 Å². The molecule has 0 amide bonds. The van der Waals surface area contributed by atoms with Crippen LogP contribution in [-0.4, -0.2) is 16.1 Å². The minimum atomic E-state index is 0.501. The third-order valence-electron chi connectivity index (χ3n) is 4.73. The standard InChI is InChI=1S/C17H24ClN3/c1-2-9-21-16-10-13(18)7-8-15(16)20-17(21)14-6-4-3-5-12(14)11-19/h7-8,10,12,14H,2-6,9,11,19H2,1H3. The largest absolute Gasteiger partial charge is 0.330 e. The number of rotatable bonds is 4. The lowest BCUT2D eigenvalue weighted by Crippen LogP contribution is -2.27. The molecule has 114 valence electrons. The summed E-state index contributed by atoms with van der Waals surface area (Å²) in [6.45, 7) is 3.97. The Morgan fingerprint density at radius 1 is 1.33 bits per heavy atom. The highest BCUT2D eigenvalue weighted by molar-refractivity contribution is 6.31. The quantitative estimate of drug-likeness (QED) is 0.913. The first-order valence-corrected chi connectivity index (χ1v) is 8.48. The molecule has 0 radical (unpaired) electrons. The Labute approximate surface area is 131 Å². The van der Waals surface area contributed by atoms with Gasteiger partial charge in [-0.3, -0.25) is 0 Å². The summed E-state index contributed by atoms with van der Waals surface area (Å²) >= 11 is 6.18. The minimum absolute atomic E-state index is 0.501. The lowest BCUT2D eigenvalue weighted by atomic mass is 9.78. The second-order valence-corrected chi connectivity index (χ2v) is 6.58. The van der Waals surface area contributed by atoms with Crippen molar-refractivity contribution in [2.75, 3.05) is 6.54 Å². The third kappa shape index (κ3) is 2.82. The van der Waals surface area contributed by atoms with Crippen LogP contribution in [0.25, 0.3) is 11.0 Å². The summed E-state index contributed by atoms with van der Waals surface area (Å²) in [5.74, 6) is 2.30. The van der Waals surface area contributed by atoms with Gasteiger partial charge in [-0.15, -0.1) is 0 Å². The first-order chi connectivity index (χ1) is 10.2. The van der Waals surface area contributed by atoms with E-state index in [1.165, 1.54) is 37.0 Å². The first-order valence-electron chi connectivity index (χ1n) is 8.10. The van der Waals surface area contributed by atoms with E-state index in [-0.39, 0.29) is 0 Å². The number of aryl methyl sites for hydroxylation is 1. The average molecular weight is 306 g/mol. The van der Waals surface area contributed by atoms with Gasteiger partial charge in [0.15, 0.2) is 0 Å². The SMILES string of the molecule is CCCn1c(C2CCCCC2CN)nc2ccc(Cl)cc21. The second-order valence-electron chi connectivity index (χ2n) is 6.14. The highest BCUT2D eigenvalue weighted by Gasteiger charge is 2.29. The van der Waals surface area contributed by atoms with Crippen LogP contribution in [0.3, 0.4) is 0 Å². The molecule has 0 bridgehead atoms. The molecule has 1 aliphatic carbocycles. The predicted octanol–water partition coefficient (Wildman–Crippen LogP) is 4.33. The Morgan fingerprint density at radius 2 is 2.14 bits per heavy atom. The van der Waals surface area contributed by atoms with E-state index in [4.69, 9.17) is 22.3 Å². The van der Waals surface area contributed by atoms with Crippen molar-refractivity contribution in [3.05, 3.63) is 29.0 Å². The van der Waals surface area contributed by atoms with Gasteiger partial charge in [-0.25, -0.2) is 4.98 Å². The molecule has 1 aromatic heterocycles. The second kappa shape index (κ2) is 6.37. The number of halogens is 1. The van der Waals surface area contributed by atoms with Gasteiger partial charge >= 0.3 is 0 Å². The maximum Gasteiger partial charge on any atom is 0.113 e. The Bertz CT molecular complexity index is 620. The van der Waals surface area contributed by atoms with Gasteiger partial charge in [0, 0.05) is 17.5 Å². The molecule has 4 heteroatoms. The molecule has 1 fully saturated rings. The monoisotopic (exact) mass is 305 g/mol. The predicted molar refractivity (Wildman–Crippen MR) is 88.8 cm³/mol. The van der Waals surface area contributed by atoms with Gasteiger partial charge in [0.25, 0.3) is 0 Å². The van der Waals surface area contributed by atoms with E-state index >= 15 is 0 Å². The Balaban J connectivity index is 2.09. The van der Waals surface area contributed by atoms with Gasteiger partial charge < -0.3 is 10.3 Å². The van der Waals surface area contributed by atoms with Crippen molar-refractivity contribution < 1.29 is 0 Å². The van der Waals surface area contributed by atoms with Crippen molar-refractivity contribution in [1.29, 1.82) is 0 Å². The van der Waals surface area contributed by atoms with E-state index in [0.29, 0.717) is 11.8 Å². The highest BCUT2D eigenvalue weighted by atomic mass is 35.5. The maximum absolute atomic E-state index is 6.18. The molecule has 0 aliphatic heterocycles. The van der Waals surface area contributed by atoms with Gasteiger partial charge in [-0.2, -0.15) is 0 Å². The molecule has 2 unspecified atom stereocenters. The Kier molecular flexibility index (Phi) is 4.51. The van der Waals surface area contributed by atoms with Crippen molar-refractivity contribution in [2.45, 2.75) is 51.5 Å². The number of hydrogen-bond donors (Lipinski definition) is 1. The molecular formula is C17H24ClN3. The molecule has 1 aliphatic rings. The Hall–Kier alpha value is -1.06. The Morgan fingerprint density at radius 3 is 2.90 bits per heavy atom. The number of hydrogen-bond acceptors (Lipinski definition) is 2. The topological polar surface area (TPSA) is 43.8 Å². The van der Waals surface area contributed by atoms with E-state index in [9.17, 15) is 0 Å². The van der Waals surface area contributed by atoms with Crippen LogP contribution in [0.4, 0.5) is 0 Å². The molecule has 3 nitrogen and oxygen atoms in total. The number of benzene rings is 1. The summed E-state index contributed by atoms with van der Waals surface area (Å²) in [7, 11) is 0. The fourth-order valence-corrected chi connectivity index (χ4v) is 3.85. The summed E-state index contributed by atoms with van der Waals surface area (Å²) in [6, 6.07) is 6.01. The molecular weight excluding hydrogens is 282 g/mol. The molecule has 1 heterocycles. The van der Waals surface area contributed by atoms with Crippen LogP contribution < -0.4 is 5.73 Å². The van der Waals surface area contributed by atoms with Crippen LogP contribution in [0.1, 0.15) is 50.8 Å². The molecule has 3 rings (SSSR count). The van der Waals surface area contributed by atoms with Crippen molar-refractivity contribution in [1.82, 2.24) is 9.55 Å². The van der Waals surface area contributed by atoms with Gasteiger partial charge in [0.1, 0.15) is 5.82 Å². The minimum Gasteiger partial charge on any atom is -0.330 e. The molecule has 2 aromatic rings. The smallest absolute Gasteiger partial charge is 0.113 e. The van der Waals surface area contributed by atoms with E-state index in [2.05, 4.69) is 11.5 Å². The van der Waals surface area contributed by atoms with Crippen LogP contribution in [0.2, 0.25) is 5.02 Å². The van der Waals surface area contributed by atoms with E-state index in [1.807, 2.05) is 18.2 Å². The third-order valence-corrected chi connectivity index (χ3v) is 4.97. The fraction of sp³-hybridized carbons (Fsp3) is 0.588. The van der Waals surface area contributed by atoms with Gasteiger partial charge in [0.05, 0.1) is 11.0 Å². The summed E-state index contributed by atoms with van der Waals surface area (Å²) in [5.41, 5.74) is 8.24. The number of nitrogens with two attached hydrogens (primary N) is 1. The van der Waals surface area contributed by atoms with Crippen molar-refractivity contribution in [3.63, 3.8) is 0 Å². The van der Waals surface area contributed by atoms with Crippen LogP contribution >= 0.6 is 11.6 Å². The lowest BCUT2D eigenvalue weighted by Gasteiger charge is -2.30. The van der Waals surface area contributed by atoms with Gasteiger partial charge in [-0.05, 0) is 49.9 Å². The van der Waals surface area contributed by atoms with Crippen LogP contribution in [0, 0.1) is 5.92 Å². The summed E-state index contributed by atoms with van der Waals surface area (Å²) in [4.78, 5) is 4.94. The molecule has 1 saturated carbocycles. The summed E-state index contributed by atoms with van der Waals surface area (Å²) in [5, 5.41) is 0.783. The molecule has 0 spiro atoms. The zero-order valence-electron chi connectivity index (χ0n) is 12.7. The molecule has 1 aromatic carbocycles. The normalized spacial score (nSPS) is 22.8. The number of nitrogens with zero attached hydrogens (tertiary/aromatic N) is 2. The summed E-state index contributed by atoms with van der Waals surface area (Å²) in [6.07, 6.45) is 6.14. The van der Waals surface area contributed by atoms with Crippen molar-refractivity contribution in [2.24, 2.45) is 11.7 Å². The van der Waals surface area contributed by atoms with Crippen molar-refractivity contribution >= 4 is 22.6 Å². The zero-order chi connectivity index (χ0) is 14.8. The molecule has 2 N–H and O–H groups in total. The first kappa shape index (κ1) is 14.9. The fourth-order valence-electron chi connectivity index (χ4n) is 3.69. The zero-order valence-corrected chi connectivity index (χ0v) is 13.4. The van der Waals surface area contributed by atoms with E-state index < -0.39 is 0 Å². The molecule has 0 saturated heterocycles. The van der Waals surface area contributed by atoms with Crippen LogP contribution in [0.5, 0.6) is 0 Å². The molecule has 2 atom stereocenters. The van der Waals surface area contributed by atoms with Gasteiger partial charge in [-0.1, -0.05) is 31.4 Å². The maximum atomic E-state index is 6.18. The average Bonchev–Trinajstić information content (AvgIpc) is 2.86. The summed E-state index contributed by atoms with van der Waals surface area (Å²) < 4.78 is 2.37.